The number of nitrogens with two attached hydrogens (primary N) is 1. The zero-order valence-electron chi connectivity index (χ0n) is 20.7. The van der Waals surface area contributed by atoms with Crippen LogP contribution >= 0.6 is 0 Å². The van der Waals surface area contributed by atoms with Crippen LogP contribution in [0.15, 0.2) is 42.6 Å². The summed E-state index contributed by atoms with van der Waals surface area (Å²) in [6, 6.07) is 13.0. The maximum absolute atomic E-state index is 14.8. The van der Waals surface area contributed by atoms with Gasteiger partial charge in [0.15, 0.2) is 0 Å². The summed E-state index contributed by atoms with van der Waals surface area (Å²) in [5.74, 6) is 0.0949. The molecule has 2 N–H and O–H groups in total. The number of ether oxygens (including phenoxy) is 2. The molecular weight excluding hydrogens is 471 g/mol. The number of benzene rings is 2. The van der Waals surface area contributed by atoms with Crippen LogP contribution in [0.4, 0.5) is 4.39 Å². The summed E-state index contributed by atoms with van der Waals surface area (Å²) in [5, 5.41) is 19.7. The van der Waals surface area contributed by atoms with Crippen molar-refractivity contribution in [2.24, 2.45) is 12.8 Å². The lowest BCUT2D eigenvalue weighted by Crippen LogP contribution is -2.29. The second-order valence-corrected chi connectivity index (χ2v) is 9.99. The van der Waals surface area contributed by atoms with Crippen molar-refractivity contribution < 1.29 is 13.9 Å². The molecule has 0 unspecified atom stereocenters. The van der Waals surface area contributed by atoms with E-state index < -0.39 is 5.82 Å². The number of fused-ring (bicyclic) bond motifs is 1. The van der Waals surface area contributed by atoms with E-state index in [1.165, 1.54) is 12.1 Å². The molecule has 1 saturated carbocycles. The van der Waals surface area contributed by atoms with Gasteiger partial charge in [-0.3, -0.25) is 4.68 Å². The van der Waals surface area contributed by atoms with Crippen molar-refractivity contribution in [2.45, 2.75) is 50.3 Å². The van der Waals surface area contributed by atoms with E-state index in [4.69, 9.17) is 20.3 Å². The summed E-state index contributed by atoms with van der Waals surface area (Å²) in [6.45, 7) is 1.17. The van der Waals surface area contributed by atoms with Crippen molar-refractivity contribution in [3.63, 3.8) is 0 Å². The van der Waals surface area contributed by atoms with E-state index >= 15 is 0 Å². The van der Waals surface area contributed by atoms with Gasteiger partial charge in [-0.1, -0.05) is 12.1 Å². The molecular formula is C28H29FN6O2. The standard InChI is InChI=1S/C28H29FN6O2/c1-34-25-9-4-17(12-20(25)15-32-34)26-27(18-2-3-19(14-30)24(29)13-18)33-35(22-7-5-21(31)6-8-22)28(26)37-23-10-11-36-16-23/h2-4,9,12-13,15,21-23H,5-8,10-11,16,31H2,1H3/t21?,22?,23-/m0/s1. The fourth-order valence-corrected chi connectivity index (χ4v) is 5.42. The van der Waals surface area contributed by atoms with Crippen LogP contribution in [0.3, 0.4) is 0 Å². The summed E-state index contributed by atoms with van der Waals surface area (Å²) in [6.07, 6.45) is 6.14. The van der Waals surface area contributed by atoms with Crippen molar-refractivity contribution in [2.75, 3.05) is 13.2 Å². The average Bonchev–Trinajstić information content (AvgIpc) is 3.64. The van der Waals surface area contributed by atoms with Crippen molar-refractivity contribution in [1.82, 2.24) is 19.6 Å². The Morgan fingerprint density at radius 2 is 1.92 bits per heavy atom. The molecule has 0 bridgehead atoms. The van der Waals surface area contributed by atoms with E-state index in [2.05, 4.69) is 11.2 Å². The number of hydrogen-bond acceptors (Lipinski definition) is 6. The van der Waals surface area contributed by atoms with Crippen LogP contribution in [0, 0.1) is 17.1 Å². The predicted molar refractivity (Wildman–Crippen MR) is 137 cm³/mol. The second-order valence-electron chi connectivity index (χ2n) is 9.99. The Balaban J connectivity index is 1.57. The smallest absolute Gasteiger partial charge is 0.221 e. The summed E-state index contributed by atoms with van der Waals surface area (Å²) in [7, 11) is 1.91. The zero-order valence-corrected chi connectivity index (χ0v) is 20.7. The van der Waals surface area contributed by atoms with Crippen molar-refractivity contribution in [3.8, 4) is 34.3 Å². The zero-order chi connectivity index (χ0) is 25.5. The first kappa shape index (κ1) is 23.6. The van der Waals surface area contributed by atoms with Crippen LogP contribution in [0.1, 0.15) is 43.7 Å². The number of rotatable bonds is 5. The quantitative estimate of drug-likeness (QED) is 0.425. The summed E-state index contributed by atoms with van der Waals surface area (Å²) < 4.78 is 30.8. The van der Waals surface area contributed by atoms with Crippen LogP contribution in [-0.4, -0.2) is 44.9 Å². The van der Waals surface area contributed by atoms with Gasteiger partial charge in [0.2, 0.25) is 5.88 Å². The Labute approximate surface area is 214 Å². The molecule has 1 saturated heterocycles. The van der Waals surface area contributed by atoms with Gasteiger partial charge in [-0.25, -0.2) is 9.07 Å². The third-order valence-corrected chi connectivity index (χ3v) is 7.52. The minimum atomic E-state index is -0.571. The number of hydrogen-bond donors (Lipinski definition) is 1. The minimum Gasteiger partial charge on any atom is -0.472 e. The van der Waals surface area contributed by atoms with E-state index in [1.54, 1.807) is 6.07 Å². The van der Waals surface area contributed by atoms with Crippen LogP contribution < -0.4 is 10.5 Å². The molecule has 0 amide bonds. The maximum Gasteiger partial charge on any atom is 0.221 e. The molecule has 1 aliphatic heterocycles. The fraction of sp³-hybridized carbons (Fsp3) is 0.393. The van der Waals surface area contributed by atoms with Gasteiger partial charge in [-0.2, -0.15) is 15.5 Å². The largest absolute Gasteiger partial charge is 0.472 e. The number of halogens is 1. The van der Waals surface area contributed by atoms with Gasteiger partial charge in [0.05, 0.1) is 42.1 Å². The SMILES string of the molecule is Cn1ncc2cc(-c3c(-c4ccc(C#N)c(F)c4)nn(C4CCC(N)CC4)c3O[C@H]3CCOC3)ccc21. The lowest BCUT2D eigenvalue weighted by atomic mass is 9.92. The van der Waals surface area contributed by atoms with Crippen LogP contribution in [0.2, 0.25) is 0 Å². The molecule has 2 aromatic carbocycles. The van der Waals surface area contributed by atoms with Crippen molar-refractivity contribution in [1.29, 1.82) is 5.26 Å². The molecule has 1 aliphatic carbocycles. The molecule has 9 heteroatoms. The Bertz CT molecular complexity index is 1490. The summed E-state index contributed by atoms with van der Waals surface area (Å²) >= 11 is 0. The summed E-state index contributed by atoms with van der Waals surface area (Å²) in [5.41, 5.74) is 10.1. The van der Waals surface area contributed by atoms with E-state index in [9.17, 15) is 9.65 Å². The Morgan fingerprint density at radius 1 is 1.11 bits per heavy atom. The highest BCUT2D eigenvalue weighted by Gasteiger charge is 2.31. The second kappa shape index (κ2) is 9.61. The lowest BCUT2D eigenvalue weighted by Gasteiger charge is -2.28. The highest BCUT2D eigenvalue weighted by Crippen LogP contribution is 2.44. The Hall–Kier alpha value is -3.74. The van der Waals surface area contributed by atoms with Crippen LogP contribution in [-0.2, 0) is 11.8 Å². The summed E-state index contributed by atoms with van der Waals surface area (Å²) in [4.78, 5) is 0. The first-order valence-corrected chi connectivity index (χ1v) is 12.8. The molecule has 8 nitrogen and oxygen atoms in total. The number of nitriles is 1. The van der Waals surface area contributed by atoms with E-state index in [1.807, 2.05) is 40.8 Å². The predicted octanol–water partition coefficient (Wildman–Crippen LogP) is 4.72. The van der Waals surface area contributed by atoms with Gasteiger partial charge < -0.3 is 15.2 Å². The molecule has 6 rings (SSSR count). The highest BCUT2D eigenvalue weighted by molar-refractivity contribution is 5.91. The van der Waals surface area contributed by atoms with E-state index in [0.29, 0.717) is 30.4 Å². The average molecular weight is 501 g/mol. The van der Waals surface area contributed by atoms with Gasteiger partial charge >= 0.3 is 0 Å². The number of nitrogens with zero attached hydrogens (tertiary/aromatic N) is 5. The van der Waals surface area contributed by atoms with E-state index in [0.717, 1.165) is 54.1 Å². The molecule has 2 fully saturated rings. The fourth-order valence-electron chi connectivity index (χ4n) is 5.42. The van der Waals surface area contributed by atoms with Crippen molar-refractivity contribution in [3.05, 3.63) is 54.0 Å². The molecule has 190 valence electrons. The van der Waals surface area contributed by atoms with Crippen LogP contribution in [0.5, 0.6) is 5.88 Å². The first-order chi connectivity index (χ1) is 18.0. The molecule has 3 heterocycles. The van der Waals surface area contributed by atoms with E-state index in [-0.39, 0.29) is 23.8 Å². The Morgan fingerprint density at radius 3 is 2.65 bits per heavy atom. The Kier molecular flexibility index (Phi) is 6.14. The maximum atomic E-state index is 14.8. The number of aromatic nitrogens is 4. The van der Waals surface area contributed by atoms with Gasteiger partial charge in [0.25, 0.3) is 0 Å². The van der Waals surface area contributed by atoms with Gasteiger partial charge in [0.1, 0.15) is 23.7 Å². The third-order valence-electron chi connectivity index (χ3n) is 7.52. The molecule has 2 aromatic heterocycles. The molecule has 0 spiro atoms. The molecule has 0 radical (unpaired) electrons. The van der Waals surface area contributed by atoms with Crippen molar-refractivity contribution >= 4 is 10.9 Å². The van der Waals surface area contributed by atoms with Gasteiger partial charge in [-0.15, -0.1) is 0 Å². The first-order valence-electron chi connectivity index (χ1n) is 12.8. The lowest BCUT2D eigenvalue weighted by molar-refractivity contribution is 0.129. The molecule has 1 atom stereocenters. The van der Waals surface area contributed by atoms with Crippen LogP contribution in [0.25, 0.3) is 33.3 Å². The molecule has 37 heavy (non-hydrogen) atoms. The highest BCUT2D eigenvalue weighted by atomic mass is 19.1. The normalized spacial score (nSPS) is 21.8. The van der Waals surface area contributed by atoms with Gasteiger partial charge in [-0.05, 0) is 55.5 Å². The molecule has 2 aliphatic rings. The minimum absolute atomic E-state index is 0.00218. The van der Waals surface area contributed by atoms with Gasteiger partial charge in [0, 0.05) is 30.5 Å². The topological polar surface area (TPSA) is 104 Å². The molecule has 4 aromatic rings. The number of aryl methyl sites for hydroxylation is 1. The monoisotopic (exact) mass is 500 g/mol. The third kappa shape index (κ3) is 4.37.